The first kappa shape index (κ1) is 20.0. The van der Waals surface area contributed by atoms with Crippen LogP contribution in [0.15, 0.2) is 54.6 Å². The second-order valence-corrected chi connectivity index (χ2v) is 5.86. The summed E-state index contributed by atoms with van der Waals surface area (Å²) in [4.78, 5) is 35.0. The van der Waals surface area contributed by atoms with E-state index >= 15 is 0 Å². The van der Waals surface area contributed by atoms with Crippen LogP contribution in [0.1, 0.15) is 30.6 Å². The minimum absolute atomic E-state index is 0.0816. The summed E-state index contributed by atoms with van der Waals surface area (Å²) >= 11 is 0. The monoisotopic (exact) mass is 372 g/mol. The highest BCUT2D eigenvalue weighted by atomic mass is 16.6. The SMILES string of the molecule is CC(=O)OC(CC(=O)O[C@H](Cc1ccccc1O)C(=O)O)c1ccccc1. The fourth-order valence-corrected chi connectivity index (χ4v) is 2.52. The number of aliphatic carboxylic acids is 1. The number of hydrogen-bond acceptors (Lipinski definition) is 6. The first-order valence-corrected chi connectivity index (χ1v) is 8.28. The van der Waals surface area contributed by atoms with Crippen molar-refractivity contribution in [3.8, 4) is 5.75 Å². The number of phenols is 1. The van der Waals surface area contributed by atoms with Crippen molar-refractivity contribution in [2.24, 2.45) is 0 Å². The number of aromatic hydroxyl groups is 1. The van der Waals surface area contributed by atoms with Gasteiger partial charge in [-0.25, -0.2) is 4.79 Å². The van der Waals surface area contributed by atoms with E-state index in [1.165, 1.54) is 13.0 Å². The number of ether oxygens (including phenoxy) is 2. The molecule has 2 aromatic rings. The third kappa shape index (κ3) is 6.14. The molecule has 2 N–H and O–H groups in total. The Morgan fingerprint density at radius 2 is 1.59 bits per heavy atom. The summed E-state index contributed by atoms with van der Waals surface area (Å²) in [6.45, 7) is 1.22. The van der Waals surface area contributed by atoms with Crippen molar-refractivity contribution in [3.63, 3.8) is 0 Å². The number of hydrogen-bond donors (Lipinski definition) is 2. The number of para-hydroxylation sites is 1. The lowest BCUT2D eigenvalue weighted by Gasteiger charge is -2.19. The van der Waals surface area contributed by atoms with Gasteiger partial charge < -0.3 is 19.7 Å². The molecule has 7 nitrogen and oxygen atoms in total. The van der Waals surface area contributed by atoms with Crippen molar-refractivity contribution in [2.45, 2.75) is 32.0 Å². The van der Waals surface area contributed by atoms with Gasteiger partial charge in [0.2, 0.25) is 6.10 Å². The molecule has 0 heterocycles. The summed E-state index contributed by atoms with van der Waals surface area (Å²) in [5.41, 5.74) is 0.939. The van der Waals surface area contributed by atoms with Crippen molar-refractivity contribution >= 4 is 17.9 Å². The van der Waals surface area contributed by atoms with E-state index in [2.05, 4.69) is 0 Å². The van der Waals surface area contributed by atoms with Crippen LogP contribution in [0.25, 0.3) is 0 Å². The van der Waals surface area contributed by atoms with Crippen molar-refractivity contribution in [3.05, 3.63) is 65.7 Å². The van der Waals surface area contributed by atoms with Gasteiger partial charge in [0.1, 0.15) is 11.9 Å². The zero-order chi connectivity index (χ0) is 19.8. The molecule has 0 spiro atoms. The van der Waals surface area contributed by atoms with Gasteiger partial charge in [0, 0.05) is 13.3 Å². The molecule has 0 aliphatic rings. The number of carbonyl (C=O) groups is 3. The Labute approximate surface area is 156 Å². The Hall–Kier alpha value is -3.35. The summed E-state index contributed by atoms with van der Waals surface area (Å²) in [5, 5.41) is 19.1. The van der Waals surface area contributed by atoms with Gasteiger partial charge >= 0.3 is 17.9 Å². The van der Waals surface area contributed by atoms with Crippen LogP contribution < -0.4 is 0 Å². The highest BCUT2D eigenvalue weighted by Gasteiger charge is 2.27. The predicted molar refractivity (Wildman–Crippen MR) is 94.9 cm³/mol. The van der Waals surface area contributed by atoms with Gasteiger partial charge in [0.15, 0.2) is 0 Å². The smallest absolute Gasteiger partial charge is 0.345 e. The first-order valence-electron chi connectivity index (χ1n) is 8.28. The molecule has 27 heavy (non-hydrogen) atoms. The van der Waals surface area contributed by atoms with E-state index < -0.39 is 30.1 Å². The van der Waals surface area contributed by atoms with Gasteiger partial charge in [0.05, 0.1) is 6.42 Å². The normalized spacial score (nSPS) is 12.6. The van der Waals surface area contributed by atoms with Gasteiger partial charge in [-0.3, -0.25) is 9.59 Å². The molecule has 0 fully saturated rings. The van der Waals surface area contributed by atoms with Crippen LogP contribution in [-0.4, -0.2) is 34.2 Å². The molecule has 2 rings (SSSR count). The average molecular weight is 372 g/mol. The zero-order valence-electron chi connectivity index (χ0n) is 14.7. The van der Waals surface area contributed by atoms with Crippen LogP contribution in [0.2, 0.25) is 0 Å². The highest BCUT2D eigenvalue weighted by Crippen LogP contribution is 2.23. The number of phenolic OH excluding ortho intramolecular Hbond substituents is 1. The molecule has 1 unspecified atom stereocenters. The van der Waals surface area contributed by atoms with E-state index in [0.29, 0.717) is 11.1 Å². The Balaban J connectivity index is 2.08. The Morgan fingerprint density at radius 3 is 2.19 bits per heavy atom. The molecule has 0 amide bonds. The average Bonchev–Trinajstić information content (AvgIpc) is 2.62. The highest BCUT2D eigenvalue weighted by molar-refractivity contribution is 5.79. The van der Waals surface area contributed by atoms with Crippen LogP contribution in [-0.2, 0) is 30.3 Å². The fourth-order valence-electron chi connectivity index (χ4n) is 2.52. The fraction of sp³-hybridized carbons (Fsp3) is 0.250. The van der Waals surface area contributed by atoms with Crippen molar-refractivity contribution in [1.29, 1.82) is 0 Å². The number of carboxylic acid groups (broad SMARTS) is 1. The summed E-state index contributed by atoms with van der Waals surface area (Å²) in [7, 11) is 0. The van der Waals surface area contributed by atoms with Gasteiger partial charge in [-0.2, -0.15) is 0 Å². The first-order chi connectivity index (χ1) is 12.9. The Bertz CT molecular complexity index is 801. The summed E-state index contributed by atoms with van der Waals surface area (Å²) in [6.07, 6.45) is -2.86. The molecular weight excluding hydrogens is 352 g/mol. The molecular formula is C20H20O7. The predicted octanol–water partition coefficient (Wildman–Crippen LogP) is 2.63. The minimum Gasteiger partial charge on any atom is -0.508 e. The quantitative estimate of drug-likeness (QED) is 0.685. The molecule has 2 atom stereocenters. The van der Waals surface area contributed by atoms with Gasteiger partial charge in [-0.05, 0) is 17.2 Å². The topological polar surface area (TPSA) is 110 Å². The molecule has 0 saturated heterocycles. The molecule has 142 valence electrons. The molecule has 7 heteroatoms. The molecule has 0 radical (unpaired) electrons. The zero-order valence-corrected chi connectivity index (χ0v) is 14.7. The van der Waals surface area contributed by atoms with E-state index in [1.54, 1.807) is 48.5 Å². The van der Waals surface area contributed by atoms with Crippen molar-refractivity contribution in [2.75, 3.05) is 0 Å². The van der Waals surface area contributed by atoms with E-state index in [0.717, 1.165) is 0 Å². The number of rotatable bonds is 8. The maximum absolute atomic E-state index is 12.3. The van der Waals surface area contributed by atoms with Crippen LogP contribution in [0.4, 0.5) is 0 Å². The maximum atomic E-state index is 12.3. The van der Waals surface area contributed by atoms with Crippen LogP contribution >= 0.6 is 0 Å². The van der Waals surface area contributed by atoms with E-state index in [-0.39, 0.29) is 18.6 Å². The number of esters is 2. The molecule has 0 aliphatic heterocycles. The largest absolute Gasteiger partial charge is 0.508 e. The summed E-state index contributed by atoms with van der Waals surface area (Å²) in [5.74, 6) is -2.81. The van der Waals surface area contributed by atoms with Crippen molar-refractivity contribution < 1.29 is 34.1 Å². The number of carboxylic acids is 1. The summed E-state index contributed by atoms with van der Waals surface area (Å²) < 4.78 is 10.2. The molecule has 0 aromatic heterocycles. The lowest BCUT2D eigenvalue weighted by molar-refractivity contribution is -0.167. The molecule has 2 aromatic carbocycles. The third-order valence-corrected chi connectivity index (χ3v) is 3.78. The van der Waals surface area contributed by atoms with Crippen molar-refractivity contribution in [1.82, 2.24) is 0 Å². The maximum Gasteiger partial charge on any atom is 0.345 e. The standard InChI is InChI=1S/C20H20O7/c1-13(21)26-17(14-7-3-2-4-8-14)12-19(23)27-18(20(24)25)11-15-9-5-6-10-16(15)22/h2-10,17-18,22H,11-12H2,1H3,(H,24,25)/t17?,18-/m1/s1. The molecule has 0 bridgehead atoms. The Morgan fingerprint density at radius 1 is 0.963 bits per heavy atom. The summed E-state index contributed by atoms with van der Waals surface area (Å²) in [6, 6.07) is 14.8. The van der Waals surface area contributed by atoms with Gasteiger partial charge in [-0.1, -0.05) is 48.5 Å². The Kier molecular flexibility index (Phi) is 6.93. The molecule has 0 aliphatic carbocycles. The second-order valence-electron chi connectivity index (χ2n) is 5.86. The second kappa shape index (κ2) is 9.38. The van der Waals surface area contributed by atoms with Crippen LogP contribution in [0, 0.1) is 0 Å². The minimum atomic E-state index is -1.47. The van der Waals surface area contributed by atoms with Crippen LogP contribution in [0.5, 0.6) is 5.75 Å². The van der Waals surface area contributed by atoms with Gasteiger partial charge in [-0.15, -0.1) is 0 Å². The van der Waals surface area contributed by atoms with E-state index in [1.807, 2.05) is 0 Å². The molecule has 0 saturated carbocycles. The lowest BCUT2D eigenvalue weighted by Crippen LogP contribution is -2.30. The number of carbonyl (C=O) groups excluding carboxylic acids is 2. The van der Waals surface area contributed by atoms with E-state index in [9.17, 15) is 24.6 Å². The van der Waals surface area contributed by atoms with Gasteiger partial charge in [0.25, 0.3) is 0 Å². The van der Waals surface area contributed by atoms with Crippen LogP contribution in [0.3, 0.4) is 0 Å². The third-order valence-electron chi connectivity index (χ3n) is 3.78. The number of benzene rings is 2. The van der Waals surface area contributed by atoms with E-state index in [4.69, 9.17) is 9.47 Å². The lowest BCUT2D eigenvalue weighted by atomic mass is 10.1.